The summed E-state index contributed by atoms with van der Waals surface area (Å²) in [5.41, 5.74) is 3.14. The van der Waals surface area contributed by atoms with Crippen LogP contribution in [0.25, 0.3) is 0 Å². The molecule has 0 fully saturated rings. The fourth-order valence-electron chi connectivity index (χ4n) is 2.48. The minimum Gasteiger partial charge on any atom is -0.484 e. The van der Waals surface area contributed by atoms with Crippen molar-refractivity contribution in [3.63, 3.8) is 0 Å². The largest absolute Gasteiger partial charge is 0.484 e. The van der Waals surface area contributed by atoms with Crippen LogP contribution in [0.5, 0.6) is 5.75 Å². The minimum atomic E-state index is -0.212. The highest BCUT2D eigenvalue weighted by atomic mass is 16.5. The lowest BCUT2D eigenvalue weighted by Gasteiger charge is -2.18. The summed E-state index contributed by atoms with van der Waals surface area (Å²) >= 11 is 0. The van der Waals surface area contributed by atoms with E-state index in [1.807, 2.05) is 62.4 Å². The van der Waals surface area contributed by atoms with Crippen LogP contribution >= 0.6 is 0 Å². The van der Waals surface area contributed by atoms with E-state index in [-0.39, 0.29) is 25.2 Å². The van der Waals surface area contributed by atoms with E-state index in [2.05, 4.69) is 5.32 Å². The Morgan fingerprint density at radius 1 is 1.17 bits per heavy atom. The zero-order valence-corrected chi connectivity index (χ0v) is 13.6. The van der Waals surface area contributed by atoms with Crippen molar-refractivity contribution in [1.82, 2.24) is 5.32 Å². The van der Waals surface area contributed by atoms with E-state index in [1.54, 1.807) is 0 Å². The molecule has 2 aromatic carbocycles. The molecule has 1 unspecified atom stereocenters. The zero-order valence-electron chi connectivity index (χ0n) is 13.6. The molecule has 4 heteroatoms. The van der Waals surface area contributed by atoms with Crippen molar-refractivity contribution in [2.45, 2.75) is 26.3 Å². The monoisotopic (exact) mass is 313 g/mol. The number of aliphatic hydroxyl groups excluding tert-OH is 1. The molecule has 0 radical (unpaired) electrons. The molecule has 0 spiro atoms. The second kappa shape index (κ2) is 8.34. The number of nitrogens with one attached hydrogen (secondary N) is 1. The van der Waals surface area contributed by atoms with Crippen LogP contribution in [0.1, 0.15) is 29.2 Å². The molecule has 0 aliphatic carbocycles. The number of hydrogen-bond acceptors (Lipinski definition) is 3. The van der Waals surface area contributed by atoms with E-state index in [0.29, 0.717) is 12.2 Å². The highest BCUT2D eigenvalue weighted by molar-refractivity contribution is 5.78. The van der Waals surface area contributed by atoms with Crippen molar-refractivity contribution >= 4 is 5.91 Å². The molecule has 122 valence electrons. The summed E-state index contributed by atoms with van der Waals surface area (Å²) in [4.78, 5) is 12.1. The molecule has 0 saturated carbocycles. The van der Waals surface area contributed by atoms with Crippen molar-refractivity contribution in [3.05, 3.63) is 65.2 Å². The molecule has 4 nitrogen and oxygen atoms in total. The second-order valence-electron chi connectivity index (χ2n) is 5.60. The van der Waals surface area contributed by atoms with Crippen molar-refractivity contribution in [1.29, 1.82) is 0 Å². The lowest BCUT2D eigenvalue weighted by atomic mass is 10.0. The Morgan fingerprint density at radius 3 is 2.57 bits per heavy atom. The number of hydrogen-bond donors (Lipinski definition) is 2. The third-order valence-corrected chi connectivity index (χ3v) is 3.64. The Labute approximate surface area is 137 Å². The highest BCUT2D eigenvalue weighted by Gasteiger charge is 2.14. The first-order valence-corrected chi connectivity index (χ1v) is 7.75. The van der Waals surface area contributed by atoms with E-state index < -0.39 is 0 Å². The fourth-order valence-corrected chi connectivity index (χ4v) is 2.48. The number of carbonyl (C=O) groups is 1. The van der Waals surface area contributed by atoms with Gasteiger partial charge in [0.15, 0.2) is 6.61 Å². The summed E-state index contributed by atoms with van der Waals surface area (Å²) in [5.74, 6) is 0.511. The Balaban J connectivity index is 1.94. The fraction of sp³-hybridized carbons (Fsp3) is 0.316. The molecule has 1 amide bonds. The van der Waals surface area contributed by atoms with Gasteiger partial charge in [0.2, 0.25) is 0 Å². The van der Waals surface area contributed by atoms with Crippen LogP contribution in [0, 0.1) is 13.8 Å². The van der Waals surface area contributed by atoms with Gasteiger partial charge in [-0.15, -0.1) is 0 Å². The van der Waals surface area contributed by atoms with Gasteiger partial charge in [0.25, 0.3) is 5.91 Å². The molecule has 2 N–H and O–H groups in total. The SMILES string of the molecule is Cc1ccc(OCC(=O)NC(CCO)c2ccccc2)c(C)c1. The van der Waals surface area contributed by atoms with E-state index in [9.17, 15) is 9.90 Å². The number of ether oxygens (including phenoxy) is 1. The van der Waals surface area contributed by atoms with Crippen LogP contribution in [0.4, 0.5) is 0 Å². The predicted molar refractivity (Wildman–Crippen MR) is 90.4 cm³/mol. The molecule has 0 aliphatic heterocycles. The highest BCUT2D eigenvalue weighted by Crippen LogP contribution is 2.19. The summed E-state index contributed by atoms with van der Waals surface area (Å²) in [7, 11) is 0. The zero-order chi connectivity index (χ0) is 16.7. The average Bonchev–Trinajstić information content (AvgIpc) is 2.54. The number of amides is 1. The summed E-state index contributed by atoms with van der Waals surface area (Å²) in [6.45, 7) is 3.94. The van der Waals surface area contributed by atoms with Gasteiger partial charge in [-0.3, -0.25) is 4.79 Å². The standard InChI is InChI=1S/C19H23NO3/c1-14-8-9-18(15(2)12-14)23-13-19(22)20-17(10-11-21)16-6-4-3-5-7-16/h3-9,12,17,21H,10-11,13H2,1-2H3,(H,20,22). The van der Waals surface area contributed by atoms with Crippen LogP contribution in [0.3, 0.4) is 0 Å². The van der Waals surface area contributed by atoms with E-state index >= 15 is 0 Å². The van der Waals surface area contributed by atoms with Gasteiger partial charge in [0, 0.05) is 6.61 Å². The molecule has 0 aromatic heterocycles. The van der Waals surface area contributed by atoms with Gasteiger partial charge in [-0.1, -0.05) is 48.0 Å². The second-order valence-corrected chi connectivity index (χ2v) is 5.60. The lowest BCUT2D eigenvalue weighted by Crippen LogP contribution is -2.33. The quantitative estimate of drug-likeness (QED) is 0.826. The molecular weight excluding hydrogens is 290 g/mol. The average molecular weight is 313 g/mol. The van der Waals surface area contributed by atoms with Gasteiger partial charge < -0.3 is 15.2 Å². The van der Waals surface area contributed by atoms with Gasteiger partial charge in [0.1, 0.15) is 5.75 Å². The first-order chi connectivity index (χ1) is 11.1. The molecular formula is C19H23NO3. The summed E-state index contributed by atoms with van der Waals surface area (Å²) in [6, 6.07) is 15.3. The van der Waals surface area contributed by atoms with Crippen molar-refractivity contribution in [3.8, 4) is 5.75 Å². The maximum absolute atomic E-state index is 12.1. The summed E-state index contributed by atoms with van der Waals surface area (Å²) in [6.07, 6.45) is 0.472. The number of rotatable bonds is 7. The van der Waals surface area contributed by atoms with Crippen molar-refractivity contribution in [2.24, 2.45) is 0 Å². The van der Waals surface area contributed by atoms with E-state index in [4.69, 9.17) is 4.74 Å². The lowest BCUT2D eigenvalue weighted by molar-refractivity contribution is -0.124. The molecule has 23 heavy (non-hydrogen) atoms. The Kier molecular flexibility index (Phi) is 6.18. The maximum Gasteiger partial charge on any atom is 0.258 e. The normalized spacial score (nSPS) is 11.8. The van der Waals surface area contributed by atoms with Crippen LogP contribution < -0.4 is 10.1 Å². The van der Waals surface area contributed by atoms with Gasteiger partial charge in [-0.05, 0) is 37.5 Å². The van der Waals surface area contributed by atoms with Crippen LogP contribution in [0.15, 0.2) is 48.5 Å². The van der Waals surface area contributed by atoms with Gasteiger partial charge in [-0.2, -0.15) is 0 Å². The number of aryl methyl sites for hydroxylation is 2. The summed E-state index contributed by atoms with van der Waals surface area (Å²) < 4.78 is 5.59. The minimum absolute atomic E-state index is 0.0117. The van der Waals surface area contributed by atoms with Gasteiger partial charge in [0.05, 0.1) is 6.04 Å². The number of aliphatic hydroxyl groups is 1. The molecule has 0 bridgehead atoms. The third kappa shape index (κ3) is 5.11. The number of benzene rings is 2. The first-order valence-electron chi connectivity index (χ1n) is 7.75. The molecule has 0 aliphatic rings. The Morgan fingerprint density at radius 2 is 1.91 bits per heavy atom. The predicted octanol–water partition coefficient (Wildman–Crippen LogP) is 2.92. The molecule has 2 rings (SSSR count). The topological polar surface area (TPSA) is 58.6 Å². The van der Waals surface area contributed by atoms with Crippen molar-refractivity contribution in [2.75, 3.05) is 13.2 Å². The van der Waals surface area contributed by atoms with E-state index in [0.717, 1.165) is 16.7 Å². The third-order valence-electron chi connectivity index (χ3n) is 3.64. The van der Waals surface area contributed by atoms with Gasteiger partial charge >= 0.3 is 0 Å². The number of carbonyl (C=O) groups excluding carboxylic acids is 1. The Hall–Kier alpha value is -2.33. The summed E-state index contributed by atoms with van der Waals surface area (Å²) in [5, 5.41) is 12.1. The molecule has 0 heterocycles. The van der Waals surface area contributed by atoms with Crippen LogP contribution in [0.2, 0.25) is 0 Å². The molecule has 2 aromatic rings. The van der Waals surface area contributed by atoms with Crippen LogP contribution in [-0.2, 0) is 4.79 Å². The van der Waals surface area contributed by atoms with E-state index in [1.165, 1.54) is 0 Å². The molecule has 1 atom stereocenters. The maximum atomic E-state index is 12.1. The smallest absolute Gasteiger partial charge is 0.258 e. The first kappa shape index (κ1) is 17.0. The van der Waals surface area contributed by atoms with Crippen LogP contribution in [-0.4, -0.2) is 24.2 Å². The Bertz CT molecular complexity index is 640. The van der Waals surface area contributed by atoms with Crippen molar-refractivity contribution < 1.29 is 14.6 Å². The van der Waals surface area contributed by atoms with Gasteiger partial charge in [-0.25, -0.2) is 0 Å². The molecule has 0 saturated heterocycles.